The van der Waals surface area contributed by atoms with Gasteiger partial charge in [0.25, 0.3) is 0 Å². The molecule has 2 aliphatic rings. The molecule has 0 bridgehead atoms. The molecule has 2 heterocycles. The zero-order chi connectivity index (χ0) is 17.1. The lowest BCUT2D eigenvalue weighted by Gasteiger charge is -2.24. The standard InChI is InChI=1S/C20H24N2O3/c1-23-18-13-20-19(24-15-25-20)12-16(18)14-21-8-5-9-22(11-10-21)17-6-3-2-4-7-17/h2-4,6-7,12-13H,5,8-11,14-15H2,1H3. The number of para-hydroxylation sites is 1. The molecule has 25 heavy (non-hydrogen) atoms. The van der Waals surface area contributed by atoms with Crippen molar-refractivity contribution in [2.75, 3.05) is 45.0 Å². The molecule has 4 rings (SSSR count). The van der Waals surface area contributed by atoms with E-state index >= 15 is 0 Å². The van der Waals surface area contributed by atoms with Crippen LogP contribution in [0.15, 0.2) is 42.5 Å². The van der Waals surface area contributed by atoms with Crippen molar-refractivity contribution in [3.05, 3.63) is 48.0 Å². The van der Waals surface area contributed by atoms with Crippen LogP contribution in [0, 0.1) is 0 Å². The van der Waals surface area contributed by atoms with Crippen molar-refractivity contribution < 1.29 is 14.2 Å². The van der Waals surface area contributed by atoms with Gasteiger partial charge in [0.15, 0.2) is 11.5 Å². The van der Waals surface area contributed by atoms with Crippen molar-refractivity contribution in [3.8, 4) is 17.2 Å². The summed E-state index contributed by atoms with van der Waals surface area (Å²) in [5.74, 6) is 2.46. The normalized spacial score (nSPS) is 17.4. The van der Waals surface area contributed by atoms with Gasteiger partial charge in [-0.15, -0.1) is 0 Å². The minimum absolute atomic E-state index is 0.289. The largest absolute Gasteiger partial charge is 0.496 e. The third-order valence-corrected chi connectivity index (χ3v) is 4.88. The predicted molar refractivity (Wildman–Crippen MR) is 97.7 cm³/mol. The minimum atomic E-state index is 0.289. The second-order valence-electron chi connectivity index (χ2n) is 6.47. The maximum atomic E-state index is 5.56. The number of rotatable bonds is 4. The van der Waals surface area contributed by atoms with E-state index in [-0.39, 0.29) is 6.79 Å². The van der Waals surface area contributed by atoms with Crippen LogP contribution in [0.3, 0.4) is 0 Å². The predicted octanol–water partition coefficient (Wildman–Crippen LogP) is 3.14. The second kappa shape index (κ2) is 7.23. The van der Waals surface area contributed by atoms with Crippen LogP contribution in [0.1, 0.15) is 12.0 Å². The summed E-state index contributed by atoms with van der Waals surface area (Å²) in [7, 11) is 1.71. The van der Waals surface area contributed by atoms with E-state index in [1.807, 2.05) is 6.07 Å². The van der Waals surface area contributed by atoms with E-state index in [2.05, 4.69) is 46.2 Å². The van der Waals surface area contributed by atoms with Crippen LogP contribution in [0.4, 0.5) is 5.69 Å². The highest BCUT2D eigenvalue weighted by molar-refractivity contribution is 5.52. The molecular weight excluding hydrogens is 316 g/mol. The molecule has 0 saturated carbocycles. The topological polar surface area (TPSA) is 34.2 Å². The molecule has 132 valence electrons. The van der Waals surface area contributed by atoms with Crippen LogP contribution in [0.25, 0.3) is 0 Å². The molecule has 0 aromatic heterocycles. The first kappa shape index (κ1) is 16.1. The Kier molecular flexibility index (Phi) is 4.65. The summed E-state index contributed by atoms with van der Waals surface area (Å²) in [5.41, 5.74) is 2.46. The van der Waals surface area contributed by atoms with Gasteiger partial charge in [0, 0.05) is 50.0 Å². The van der Waals surface area contributed by atoms with Gasteiger partial charge in [0.1, 0.15) is 5.75 Å². The number of methoxy groups -OCH3 is 1. The molecule has 2 aromatic carbocycles. The van der Waals surface area contributed by atoms with E-state index in [9.17, 15) is 0 Å². The van der Waals surface area contributed by atoms with Crippen LogP contribution >= 0.6 is 0 Å². The lowest BCUT2D eigenvalue weighted by molar-refractivity contribution is 0.173. The van der Waals surface area contributed by atoms with Crippen LogP contribution in [0.2, 0.25) is 0 Å². The fraction of sp³-hybridized carbons (Fsp3) is 0.400. The number of hydrogen-bond donors (Lipinski definition) is 0. The van der Waals surface area contributed by atoms with Gasteiger partial charge in [-0.05, 0) is 24.6 Å². The zero-order valence-electron chi connectivity index (χ0n) is 14.6. The van der Waals surface area contributed by atoms with Crippen LogP contribution in [-0.2, 0) is 6.54 Å². The van der Waals surface area contributed by atoms with E-state index in [0.717, 1.165) is 62.0 Å². The Morgan fingerprint density at radius 3 is 2.56 bits per heavy atom. The first-order valence-corrected chi connectivity index (χ1v) is 8.82. The van der Waals surface area contributed by atoms with Gasteiger partial charge in [-0.25, -0.2) is 0 Å². The molecular formula is C20H24N2O3. The van der Waals surface area contributed by atoms with Gasteiger partial charge in [-0.3, -0.25) is 4.90 Å². The molecule has 2 aliphatic heterocycles. The van der Waals surface area contributed by atoms with Crippen molar-refractivity contribution in [1.82, 2.24) is 4.90 Å². The smallest absolute Gasteiger partial charge is 0.231 e. The van der Waals surface area contributed by atoms with Gasteiger partial charge >= 0.3 is 0 Å². The molecule has 1 fully saturated rings. The molecule has 1 saturated heterocycles. The van der Waals surface area contributed by atoms with E-state index in [0.29, 0.717) is 0 Å². The molecule has 0 amide bonds. The SMILES string of the molecule is COc1cc2c(cc1CN1CCCN(c3ccccc3)CC1)OCO2. The number of ether oxygens (including phenoxy) is 3. The minimum Gasteiger partial charge on any atom is -0.496 e. The molecule has 5 heteroatoms. The number of anilines is 1. The van der Waals surface area contributed by atoms with Gasteiger partial charge in [0.05, 0.1) is 7.11 Å². The van der Waals surface area contributed by atoms with E-state index in [1.54, 1.807) is 7.11 Å². The Bertz CT molecular complexity index is 720. The summed E-state index contributed by atoms with van der Waals surface area (Å²) in [6.07, 6.45) is 1.15. The lowest BCUT2D eigenvalue weighted by atomic mass is 10.1. The summed E-state index contributed by atoms with van der Waals surface area (Å²) in [6.45, 7) is 5.41. The molecule has 0 atom stereocenters. The van der Waals surface area contributed by atoms with Gasteiger partial charge in [0.2, 0.25) is 6.79 Å². The summed E-state index contributed by atoms with van der Waals surface area (Å²) in [4.78, 5) is 4.96. The first-order chi connectivity index (χ1) is 12.3. The molecule has 0 aliphatic carbocycles. The summed E-state index contributed by atoms with van der Waals surface area (Å²) >= 11 is 0. The van der Waals surface area contributed by atoms with E-state index in [4.69, 9.17) is 14.2 Å². The van der Waals surface area contributed by atoms with Crippen LogP contribution in [0.5, 0.6) is 17.2 Å². The molecule has 0 radical (unpaired) electrons. The van der Waals surface area contributed by atoms with E-state index < -0.39 is 0 Å². The Morgan fingerprint density at radius 1 is 0.960 bits per heavy atom. The van der Waals surface area contributed by atoms with Crippen molar-refractivity contribution in [1.29, 1.82) is 0 Å². The first-order valence-electron chi connectivity index (χ1n) is 8.82. The van der Waals surface area contributed by atoms with Crippen molar-refractivity contribution in [3.63, 3.8) is 0 Å². The van der Waals surface area contributed by atoms with E-state index in [1.165, 1.54) is 5.69 Å². The third kappa shape index (κ3) is 3.51. The summed E-state index contributed by atoms with van der Waals surface area (Å²) in [6, 6.07) is 14.7. The fourth-order valence-corrected chi connectivity index (χ4v) is 3.55. The molecule has 0 N–H and O–H groups in total. The third-order valence-electron chi connectivity index (χ3n) is 4.88. The Balaban J connectivity index is 1.45. The maximum absolute atomic E-state index is 5.56. The highest BCUT2D eigenvalue weighted by atomic mass is 16.7. The van der Waals surface area contributed by atoms with Crippen LogP contribution in [-0.4, -0.2) is 45.0 Å². The van der Waals surface area contributed by atoms with Gasteiger partial charge in [-0.1, -0.05) is 18.2 Å². The summed E-state index contributed by atoms with van der Waals surface area (Å²) < 4.78 is 16.5. The quantitative estimate of drug-likeness (QED) is 0.854. The number of benzene rings is 2. The second-order valence-corrected chi connectivity index (χ2v) is 6.47. The Labute approximate surface area is 148 Å². The van der Waals surface area contributed by atoms with Crippen molar-refractivity contribution in [2.24, 2.45) is 0 Å². The number of nitrogens with zero attached hydrogens (tertiary/aromatic N) is 2. The average Bonchev–Trinajstić information content (AvgIpc) is 2.98. The maximum Gasteiger partial charge on any atom is 0.231 e. The molecule has 5 nitrogen and oxygen atoms in total. The number of hydrogen-bond acceptors (Lipinski definition) is 5. The van der Waals surface area contributed by atoms with Crippen molar-refractivity contribution in [2.45, 2.75) is 13.0 Å². The lowest BCUT2D eigenvalue weighted by Crippen LogP contribution is -2.30. The van der Waals surface area contributed by atoms with Gasteiger partial charge < -0.3 is 19.1 Å². The highest BCUT2D eigenvalue weighted by Crippen LogP contribution is 2.38. The van der Waals surface area contributed by atoms with Gasteiger partial charge in [-0.2, -0.15) is 0 Å². The summed E-state index contributed by atoms with van der Waals surface area (Å²) in [5, 5.41) is 0. The Morgan fingerprint density at radius 2 is 1.76 bits per heavy atom. The highest BCUT2D eigenvalue weighted by Gasteiger charge is 2.21. The fourth-order valence-electron chi connectivity index (χ4n) is 3.55. The van der Waals surface area contributed by atoms with Crippen molar-refractivity contribution >= 4 is 5.69 Å². The molecule has 0 spiro atoms. The molecule has 2 aromatic rings. The average molecular weight is 340 g/mol. The molecule has 0 unspecified atom stereocenters. The van der Waals surface area contributed by atoms with Crippen LogP contribution < -0.4 is 19.1 Å². The Hall–Kier alpha value is -2.40. The number of fused-ring (bicyclic) bond motifs is 1. The monoisotopic (exact) mass is 340 g/mol. The zero-order valence-corrected chi connectivity index (χ0v) is 14.6.